The molecule has 2 nitrogen and oxygen atoms in total. The molecule has 106 valence electrons. The minimum Gasteiger partial charge on any atom is -0.487 e. The highest BCUT2D eigenvalue weighted by molar-refractivity contribution is 5.41. The monoisotopic (exact) mass is 261 g/mol. The van der Waals surface area contributed by atoms with Crippen molar-refractivity contribution in [2.45, 2.75) is 58.5 Å². The topological polar surface area (TPSA) is 21.3 Å². The van der Waals surface area contributed by atoms with E-state index in [1.165, 1.54) is 36.8 Å². The highest BCUT2D eigenvalue weighted by Crippen LogP contribution is 2.35. The van der Waals surface area contributed by atoms with Crippen molar-refractivity contribution in [1.29, 1.82) is 0 Å². The van der Waals surface area contributed by atoms with Crippen LogP contribution in [-0.4, -0.2) is 18.7 Å². The van der Waals surface area contributed by atoms with Gasteiger partial charge in [-0.3, -0.25) is 0 Å². The molecule has 0 radical (unpaired) electrons. The van der Waals surface area contributed by atoms with Gasteiger partial charge in [0, 0.05) is 6.42 Å². The summed E-state index contributed by atoms with van der Waals surface area (Å²) in [4.78, 5) is 0. The summed E-state index contributed by atoms with van der Waals surface area (Å²) in [6.07, 6.45) is 5.97. The average Bonchev–Trinajstić information content (AvgIpc) is 2.66. The molecule has 0 saturated carbocycles. The zero-order valence-corrected chi connectivity index (χ0v) is 12.6. The molecule has 0 aromatic heterocycles. The quantitative estimate of drug-likeness (QED) is 0.755. The molecular weight excluding hydrogens is 234 g/mol. The number of rotatable bonds is 7. The Bertz CT molecular complexity index is 412. The summed E-state index contributed by atoms with van der Waals surface area (Å²) >= 11 is 0. The fourth-order valence-corrected chi connectivity index (χ4v) is 2.70. The second-order valence-corrected chi connectivity index (χ2v) is 6.19. The molecule has 1 heterocycles. The first kappa shape index (κ1) is 14.4. The Morgan fingerprint density at radius 2 is 2.05 bits per heavy atom. The van der Waals surface area contributed by atoms with E-state index >= 15 is 0 Å². The van der Waals surface area contributed by atoms with E-state index < -0.39 is 0 Å². The lowest BCUT2D eigenvalue weighted by Gasteiger charge is -2.16. The Morgan fingerprint density at radius 1 is 1.21 bits per heavy atom. The molecule has 2 rings (SSSR count). The summed E-state index contributed by atoms with van der Waals surface area (Å²) in [7, 11) is 0. The minimum absolute atomic E-state index is 0.0228. The minimum atomic E-state index is -0.0228. The van der Waals surface area contributed by atoms with Crippen LogP contribution in [0, 0.1) is 0 Å². The number of ether oxygens (including phenoxy) is 1. The van der Waals surface area contributed by atoms with Gasteiger partial charge in [-0.2, -0.15) is 0 Å². The number of hydrogen-bond donors (Lipinski definition) is 1. The Hall–Kier alpha value is -1.02. The van der Waals surface area contributed by atoms with E-state index in [4.69, 9.17) is 4.74 Å². The van der Waals surface area contributed by atoms with Crippen LogP contribution in [0.1, 0.15) is 51.2 Å². The molecule has 1 aromatic rings. The lowest BCUT2D eigenvalue weighted by atomic mass is 9.98. The first-order chi connectivity index (χ1) is 9.11. The summed E-state index contributed by atoms with van der Waals surface area (Å²) in [5.74, 6) is 1.08. The van der Waals surface area contributed by atoms with Crippen LogP contribution in [0.3, 0.4) is 0 Å². The van der Waals surface area contributed by atoms with Gasteiger partial charge in [0.15, 0.2) is 0 Å². The standard InChI is InChI=1S/C17H27NO/c1-4-10-18-11-6-5-7-14-8-9-16-15(12-14)13-17(2,3)19-16/h8-9,12,18H,4-7,10-11,13H2,1-3H3. The predicted molar refractivity (Wildman–Crippen MR) is 81.0 cm³/mol. The van der Waals surface area contributed by atoms with Crippen molar-refractivity contribution in [3.8, 4) is 5.75 Å². The molecule has 1 aromatic carbocycles. The normalized spacial score (nSPS) is 16.2. The van der Waals surface area contributed by atoms with Gasteiger partial charge in [-0.1, -0.05) is 19.1 Å². The molecule has 0 bridgehead atoms. The third kappa shape index (κ3) is 4.24. The molecule has 0 spiro atoms. The van der Waals surface area contributed by atoms with Crippen molar-refractivity contribution in [1.82, 2.24) is 5.32 Å². The first-order valence-corrected chi connectivity index (χ1v) is 7.62. The molecule has 0 unspecified atom stereocenters. The smallest absolute Gasteiger partial charge is 0.123 e. The van der Waals surface area contributed by atoms with E-state index in [1.54, 1.807) is 0 Å². The summed E-state index contributed by atoms with van der Waals surface area (Å²) in [5, 5.41) is 3.45. The third-order valence-corrected chi connectivity index (χ3v) is 3.62. The Balaban J connectivity index is 1.77. The molecule has 0 fully saturated rings. The number of nitrogens with one attached hydrogen (secondary N) is 1. The van der Waals surface area contributed by atoms with E-state index in [-0.39, 0.29) is 5.60 Å². The second-order valence-electron chi connectivity index (χ2n) is 6.19. The van der Waals surface area contributed by atoms with Gasteiger partial charge in [0.25, 0.3) is 0 Å². The van der Waals surface area contributed by atoms with Gasteiger partial charge in [-0.05, 0) is 69.8 Å². The van der Waals surface area contributed by atoms with Crippen LogP contribution in [0.5, 0.6) is 5.75 Å². The molecular formula is C17H27NO. The van der Waals surface area contributed by atoms with Crippen LogP contribution in [0.2, 0.25) is 0 Å². The van der Waals surface area contributed by atoms with Crippen molar-refractivity contribution in [2.75, 3.05) is 13.1 Å². The van der Waals surface area contributed by atoms with Gasteiger partial charge in [0.05, 0.1) is 0 Å². The van der Waals surface area contributed by atoms with Crippen molar-refractivity contribution in [2.24, 2.45) is 0 Å². The van der Waals surface area contributed by atoms with Crippen molar-refractivity contribution < 1.29 is 4.74 Å². The van der Waals surface area contributed by atoms with Crippen LogP contribution in [0.4, 0.5) is 0 Å². The number of hydrogen-bond acceptors (Lipinski definition) is 2. The zero-order valence-electron chi connectivity index (χ0n) is 12.6. The second kappa shape index (κ2) is 6.42. The van der Waals surface area contributed by atoms with Crippen LogP contribution < -0.4 is 10.1 Å². The molecule has 2 heteroatoms. The number of benzene rings is 1. The number of fused-ring (bicyclic) bond motifs is 1. The summed E-state index contributed by atoms with van der Waals surface area (Å²) < 4.78 is 5.91. The fraction of sp³-hybridized carbons (Fsp3) is 0.647. The van der Waals surface area contributed by atoms with Gasteiger partial charge in [0.2, 0.25) is 0 Å². The van der Waals surface area contributed by atoms with E-state index in [0.29, 0.717) is 0 Å². The Morgan fingerprint density at radius 3 is 2.84 bits per heavy atom. The average molecular weight is 261 g/mol. The van der Waals surface area contributed by atoms with Crippen LogP contribution >= 0.6 is 0 Å². The van der Waals surface area contributed by atoms with Gasteiger partial charge in [-0.15, -0.1) is 0 Å². The van der Waals surface area contributed by atoms with E-state index in [9.17, 15) is 0 Å². The highest BCUT2D eigenvalue weighted by Gasteiger charge is 2.29. The van der Waals surface area contributed by atoms with Gasteiger partial charge < -0.3 is 10.1 Å². The van der Waals surface area contributed by atoms with E-state index in [0.717, 1.165) is 25.3 Å². The molecule has 0 amide bonds. The predicted octanol–water partition coefficient (Wildman–Crippen LogP) is 3.72. The molecule has 0 aliphatic carbocycles. The SMILES string of the molecule is CCCNCCCCc1ccc2c(c1)CC(C)(C)O2. The van der Waals surface area contributed by atoms with Gasteiger partial charge >= 0.3 is 0 Å². The van der Waals surface area contributed by atoms with E-state index in [1.807, 2.05) is 0 Å². The summed E-state index contributed by atoms with van der Waals surface area (Å²) in [5.41, 5.74) is 2.81. The lowest BCUT2D eigenvalue weighted by molar-refractivity contribution is 0.138. The van der Waals surface area contributed by atoms with Crippen LogP contribution in [-0.2, 0) is 12.8 Å². The Labute approximate surface area is 117 Å². The summed E-state index contributed by atoms with van der Waals surface area (Å²) in [6, 6.07) is 6.71. The molecule has 1 aliphatic heterocycles. The van der Waals surface area contributed by atoms with Crippen LogP contribution in [0.15, 0.2) is 18.2 Å². The fourth-order valence-electron chi connectivity index (χ4n) is 2.70. The van der Waals surface area contributed by atoms with E-state index in [2.05, 4.69) is 44.3 Å². The maximum Gasteiger partial charge on any atom is 0.123 e. The van der Waals surface area contributed by atoms with Crippen molar-refractivity contribution in [3.63, 3.8) is 0 Å². The zero-order chi connectivity index (χ0) is 13.7. The molecule has 1 aliphatic rings. The summed E-state index contributed by atoms with van der Waals surface area (Å²) in [6.45, 7) is 8.82. The maximum atomic E-state index is 5.91. The maximum absolute atomic E-state index is 5.91. The highest BCUT2D eigenvalue weighted by atomic mass is 16.5. The van der Waals surface area contributed by atoms with Gasteiger partial charge in [0.1, 0.15) is 11.4 Å². The molecule has 1 N–H and O–H groups in total. The molecule has 0 saturated heterocycles. The first-order valence-electron chi connectivity index (χ1n) is 7.62. The third-order valence-electron chi connectivity index (χ3n) is 3.62. The molecule has 0 atom stereocenters. The largest absolute Gasteiger partial charge is 0.487 e. The van der Waals surface area contributed by atoms with Gasteiger partial charge in [-0.25, -0.2) is 0 Å². The number of aryl methyl sites for hydroxylation is 1. The lowest BCUT2D eigenvalue weighted by Crippen LogP contribution is -2.24. The van der Waals surface area contributed by atoms with Crippen molar-refractivity contribution >= 4 is 0 Å². The van der Waals surface area contributed by atoms with Crippen molar-refractivity contribution in [3.05, 3.63) is 29.3 Å². The molecule has 19 heavy (non-hydrogen) atoms. The number of unbranched alkanes of at least 4 members (excludes halogenated alkanes) is 1. The van der Waals surface area contributed by atoms with Crippen LogP contribution in [0.25, 0.3) is 0 Å². The Kier molecular flexibility index (Phi) is 4.87.